The number of aromatic hydroxyl groups is 1. The van der Waals surface area contributed by atoms with E-state index in [0.29, 0.717) is 16.6 Å². The third-order valence-corrected chi connectivity index (χ3v) is 5.10. The van der Waals surface area contributed by atoms with Gasteiger partial charge in [-0.25, -0.2) is 13.1 Å². The molecule has 1 heterocycles. The van der Waals surface area contributed by atoms with Gasteiger partial charge in [-0.1, -0.05) is 18.2 Å². The summed E-state index contributed by atoms with van der Waals surface area (Å²) >= 11 is 0. The van der Waals surface area contributed by atoms with E-state index in [2.05, 4.69) is 19.9 Å². The minimum absolute atomic E-state index is 0.101. The Kier molecular flexibility index (Phi) is 4.56. The summed E-state index contributed by atoms with van der Waals surface area (Å²) in [7, 11) is -3.64. The first-order chi connectivity index (χ1) is 11.9. The van der Waals surface area contributed by atoms with Gasteiger partial charge in [0.1, 0.15) is 0 Å². The van der Waals surface area contributed by atoms with E-state index in [4.69, 9.17) is 0 Å². The number of fused-ring (bicyclic) bond motifs is 1. The zero-order valence-electron chi connectivity index (χ0n) is 13.8. The van der Waals surface area contributed by atoms with Crippen LogP contribution in [0.15, 0.2) is 63.7 Å². The third-order valence-electron chi connectivity index (χ3n) is 3.45. The summed E-state index contributed by atoms with van der Waals surface area (Å²) in [5.74, 6) is -0.166. The molecule has 3 N–H and O–H groups in total. The SMILES string of the molecule is CC(C)NS(=O)(=O)c1ccc2[nH]c(O)c(N=Nc3ccccc3)c2c1. The van der Waals surface area contributed by atoms with Crippen LogP contribution in [0.2, 0.25) is 0 Å². The third kappa shape index (κ3) is 3.70. The van der Waals surface area contributed by atoms with Crippen molar-refractivity contribution in [2.24, 2.45) is 10.2 Å². The number of rotatable bonds is 5. The first kappa shape index (κ1) is 17.1. The predicted molar refractivity (Wildman–Crippen MR) is 96.0 cm³/mol. The molecular formula is C17H18N4O3S. The van der Waals surface area contributed by atoms with E-state index in [-0.39, 0.29) is 22.5 Å². The number of H-pyrrole nitrogens is 1. The number of azo groups is 1. The summed E-state index contributed by atoms with van der Waals surface area (Å²) in [6.45, 7) is 3.50. The number of benzene rings is 2. The van der Waals surface area contributed by atoms with E-state index < -0.39 is 10.0 Å². The number of nitrogens with one attached hydrogen (secondary N) is 2. The average molecular weight is 358 g/mol. The molecule has 0 aliphatic heterocycles. The Morgan fingerprint density at radius 2 is 1.80 bits per heavy atom. The van der Waals surface area contributed by atoms with Crippen LogP contribution in [0.3, 0.4) is 0 Å². The molecular weight excluding hydrogens is 340 g/mol. The molecule has 8 heteroatoms. The zero-order chi connectivity index (χ0) is 18.0. The summed E-state index contributed by atoms with van der Waals surface area (Å²) in [5, 5.41) is 18.7. The van der Waals surface area contributed by atoms with Crippen molar-refractivity contribution in [2.45, 2.75) is 24.8 Å². The van der Waals surface area contributed by atoms with Crippen LogP contribution in [0.4, 0.5) is 11.4 Å². The van der Waals surface area contributed by atoms with E-state index in [1.807, 2.05) is 18.2 Å². The molecule has 0 saturated carbocycles. The Hall–Kier alpha value is -2.71. The minimum Gasteiger partial charge on any atom is -0.493 e. The normalized spacial score (nSPS) is 12.4. The number of sulfonamides is 1. The van der Waals surface area contributed by atoms with E-state index in [1.54, 1.807) is 32.0 Å². The van der Waals surface area contributed by atoms with Crippen LogP contribution in [0.5, 0.6) is 5.88 Å². The highest BCUT2D eigenvalue weighted by molar-refractivity contribution is 7.89. The fourth-order valence-corrected chi connectivity index (χ4v) is 3.67. The maximum absolute atomic E-state index is 12.3. The monoisotopic (exact) mass is 358 g/mol. The van der Waals surface area contributed by atoms with Crippen LogP contribution in [0, 0.1) is 0 Å². The molecule has 0 fully saturated rings. The van der Waals surface area contributed by atoms with Gasteiger partial charge in [0.15, 0.2) is 5.69 Å². The highest BCUT2D eigenvalue weighted by Gasteiger charge is 2.18. The molecule has 0 atom stereocenters. The molecule has 0 bridgehead atoms. The van der Waals surface area contributed by atoms with Gasteiger partial charge in [0.2, 0.25) is 15.9 Å². The first-order valence-corrected chi connectivity index (χ1v) is 9.19. The summed E-state index contributed by atoms with van der Waals surface area (Å²) in [5.41, 5.74) is 1.39. The molecule has 0 aliphatic carbocycles. The molecule has 0 radical (unpaired) electrons. The van der Waals surface area contributed by atoms with E-state index in [1.165, 1.54) is 12.1 Å². The second-order valence-corrected chi connectivity index (χ2v) is 7.56. The van der Waals surface area contributed by atoms with Gasteiger partial charge in [-0.3, -0.25) is 0 Å². The predicted octanol–water partition coefficient (Wildman–Crippen LogP) is 3.98. The van der Waals surface area contributed by atoms with Gasteiger partial charge < -0.3 is 10.1 Å². The lowest BCUT2D eigenvalue weighted by atomic mass is 10.2. The van der Waals surface area contributed by atoms with Crippen molar-refractivity contribution in [1.82, 2.24) is 9.71 Å². The molecule has 0 amide bonds. The number of hydrogen-bond acceptors (Lipinski definition) is 5. The standard InChI is InChI=1S/C17H18N4O3S/c1-11(2)21-25(23,24)13-8-9-15-14(10-13)16(17(22)18-15)20-19-12-6-4-3-5-7-12/h3-11,18,21-22H,1-2H3. The van der Waals surface area contributed by atoms with Crippen LogP contribution in [-0.4, -0.2) is 24.6 Å². The maximum atomic E-state index is 12.3. The molecule has 0 spiro atoms. The van der Waals surface area contributed by atoms with Crippen molar-refractivity contribution < 1.29 is 13.5 Å². The Balaban J connectivity index is 2.06. The fourth-order valence-electron chi connectivity index (χ4n) is 2.39. The fraction of sp³-hybridized carbons (Fsp3) is 0.176. The Morgan fingerprint density at radius 1 is 1.08 bits per heavy atom. The molecule has 0 aliphatic rings. The highest BCUT2D eigenvalue weighted by atomic mass is 32.2. The minimum atomic E-state index is -3.64. The summed E-state index contributed by atoms with van der Waals surface area (Å²) in [4.78, 5) is 2.87. The van der Waals surface area contributed by atoms with Crippen LogP contribution in [0.1, 0.15) is 13.8 Å². The van der Waals surface area contributed by atoms with Crippen molar-refractivity contribution >= 4 is 32.3 Å². The second-order valence-electron chi connectivity index (χ2n) is 5.84. The summed E-state index contributed by atoms with van der Waals surface area (Å²) < 4.78 is 27.2. The van der Waals surface area contributed by atoms with Gasteiger partial charge in [-0.15, -0.1) is 5.11 Å². The second kappa shape index (κ2) is 6.66. The van der Waals surface area contributed by atoms with Crippen molar-refractivity contribution in [1.29, 1.82) is 0 Å². The summed E-state index contributed by atoms with van der Waals surface area (Å²) in [6, 6.07) is 13.4. The molecule has 7 nitrogen and oxygen atoms in total. The molecule has 0 unspecified atom stereocenters. The molecule has 3 aromatic rings. The van der Waals surface area contributed by atoms with E-state index >= 15 is 0 Å². The highest BCUT2D eigenvalue weighted by Crippen LogP contribution is 2.37. The van der Waals surface area contributed by atoms with E-state index in [9.17, 15) is 13.5 Å². The van der Waals surface area contributed by atoms with Crippen LogP contribution in [0.25, 0.3) is 10.9 Å². The number of nitrogens with zero attached hydrogens (tertiary/aromatic N) is 2. The molecule has 0 saturated heterocycles. The van der Waals surface area contributed by atoms with Crippen molar-refractivity contribution in [2.75, 3.05) is 0 Å². The van der Waals surface area contributed by atoms with Gasteiger partial charge in [-0.05, 0) is 44.2 Å². The number of aromatic amines is 1. The maximum Gasteiger partial charge on any atom is 0.240 e. The zero-order valence-corrected chi connectivity index (χ0v) is 14.6. The molecule has 2 aromatic carbocycles. The Bertz CT molecular complexity index is 1020. The molecule has 3 rings (SSSR count). The van der Waals surface area contributed by atoms with Gasteiger partial charge in [-0.2, -0.15) is 5.11 Å². The molecule has 130 valence electrons. The van der Waals surface area contributed by atoms with Gasteiger partial charge in [0, 0.05) is 11.4 Å². The number of hydrogen-bond donors (Lipinski definition) is 3. The lowest BCUT2D eigenvalue weighted by Gasteiger charge is -2.09. The Labute approximate surface area is 145 Å². The Morgan fingerprint density at radius 3 is 2.48 bits per heavy atom. The van der Waals surface area contributed by atoms with E-state index in [0.717, 1.165) is 0 Å². The summed E-state index contributed by atoms with van der Waals surface area (Å²) in [6.07, 6.45) is 0. The molecule has 25 heavy (non-hydrogen) atoms. The lowest BCUT2D eigenvalue weighted by Crippen LogP contribution is -2.30. The lowest BCUT2D eigenvalue weighted by molar-refractivity contribution is 0.459. The number of aromatic nitrogens is 1. The quantitative estimate of drug-likeness (QED) is 0.600. The van der Waals surface area contributed by atoms with Crippen LogP contribution >= 0.6 is 0 Å². The topological polar surface area (TPSA) is 107 Å². The smallest absolute Gasteiger partial charge is 0.240 e. The van der Waals surface area contributed by atoms with Crippen molar-refractivity contribution in [3.8, 4) is 5.88 Å². The largest absolute Gasteiger partial charge is 0.493 e. The average Bonchev–Trinajstić information content (AvgIpc) is 2.87. The van der Waals surface area contributed by atoms with Crippen molar-refractivity contribution in [3.63, 3.8) is 0 Å². The van der Waals surface area contributed by atoms with Crippen molar-refractivity contribution in [3.05, 3.63) is 48.5 Å². The van der Waals surface area contributed by atoms with Gasteiger partial charge in [0.05, 0.1) is 16.1 Å². The van der Waals surface area contributed by atoms with Gasteiger partial charge >= 0.3 is 0 Å². The van der Waals surface area contributed by atoms with Crippen LogP contribution in [-0.2, 0) is 10.0 Å². The molecule has 1 aromatic heterocycles. The van der Waals surface area contributed by atoms with Gasteiger partial charge in [0.25, 0.3) is 0 Å². The van der Waals surface area contributed by atoms with Crippen LogP contribution < -0.4 is 4.72 Å². The first-order valence-electron chi connectivity index (χ1n) is 7.70.